The minimum Gasteiger partial charge on any atom is -0.389 e. The van der Waals surface area contributed by atoms with Crippen molar-refractivity contribution >= 4 is 5.91 Å². The van der Waals surface area contributed by atoms with Crippen LogP contribution in [0.4, 0.5) is 0 Å². The first kappa shape index (κ1) is 14.4. The number of nitrogens with zero attached hydrogens (tertiary/aromatic N) is 2. The number of hydrogen-bond acceptors (Lipinski definition) is 5. The SMILES string of the molecule is CC(C(=O)NN)N1CCN(CC(C)(C)O)CC1. The first-order valence-corrected chi connectivity index (χ1v) is 6.03. The molecule has 1 unspecified atom stereocenters. The standard InChI is InChI=1S/C11H24N4O2/c1-9(10(16)13-12)15-6-4-14(5-7-15)8-11(2,3)17/h9,17H,4-8,12H2,1-3H3,(H,13,16). The van der Waals surface area contributed by atoms with Gasteiger partial charge < -0.3 is 5.11 Å². The fourth-order valence-corrected chi connectivity index (χ4v) is 2.14. The largest absolute Gasteiger partial charge is 0.389 e. The van der Waals surface area contributed by atoms with Crippen molar-refractivity contribution in [1.82, 2.24) is 15.2 Å². The zero-order valence-electron chi connectivity index (χ0n) is 10.9. The van der Waals surface area contributed by atoms with Crippen LogP contribution in [0, 0.1) is 0 Å². The molecule has 1 heterocycles. The van der Waals surface area contributed by atoms with Gasteiger partial charge in [-0.05, 0) is 20.8 Å². The van der Waals surface area contributed by atoms with Crippen LogP contribution in [0.3, 0.4) is 0 Å². The molecule has 0 aromatic carbocycles. The van der Waals surface area contributed by atoms with E-state index in [2.05, 4.69) is 15.2 Å². The summed E-state index contributed by atoms with van der Waals surface area (Å²) < 4.78 is 0. The van der Waals surface area contributed by atoms with Gasteiger partial charge in [-0.25, -0.2) is 5.84 Å². The number of β-amino-alcohol motifs (C(OH)–C–C–N with tert-alkyl or cyclic N) is 1. The van der Waals surface area contributed by atoms with Crippen molar-refractivity contribution in [2.45, 2.75) is 32.4 Å². The van der Waals surface area contributed by atoms with Gasteiger partial charge in [0, 0.05) is 32.7 Å². The lowest BCUT2D eigenvalue weighted by Crippen LogP contribution is -2.56. The van der Waals surface area contributed by atoms with Crippen molar-refractivity contribution in [2.24, 2.45) is 5.84 Å². The molecule has 1 aliphatic rings. The molecule has 1 atom stereocenters. The van der Waals surface area contributed by atoms with Crippen LogP contribution in [0.25, 0.3) is 0 Å². The Morgan fingerprint density at radius 2 is 1.94 bits per heavy atom. The van der Waals surface area contributed by atoms with Gasteiger partial charge in [0.2, 0.25) is 0 Å². The normalized spacial score (nSPS) is 21.2. The number of hydrazine groups is 1. The van der Waals surface area contributed by atoms with E-state index in [1.54, 1.807) is 0 Å². The van der Waals surface area contributed by atoms with Gasteiger partial charge >= 0.3 is 0 Å². The zero-order valence-corrected chi connectivity index (χ0v) is 10.9. The van der Waals surface area contributed by atoms with Gasteiger partial charge in [-0.1, -0.05) is 0 Å². The Morgan fingerprint density at radius 1 is 1.41 bits per heavy atom. The van der Waals surface area contributed by atoms with Crippen molar-refractivity contribution in [3.8, 4) is 0 Å². The minimum absolute atomic E-state index is 0.152. The van der Waals surface area contributed by atoms with Crippen LogP contribution in [0.15, 0.2) is 0 Å². The maximum atomic E-state index is 11.4. The summed E-state index contributed by atoms with van der Waals surface area (Å²) in [6.07, 6.45) is 0. The van der Waals surface area contributed by atoms with Gasteiger partial charge in [-0.15, -0.1) is 0 Å². The van der Waals surface area contributed by atoms with Crippen LogP contribution in [0.2, 0.25) is 0 Å². The van der Waals surface area contributed by atoms with Gasteiger partial charge in [-0.3, -0.25) is 20.0 Å². The Hall–Kier alpha value is -0.690. The van der Waals surface area contributed by atoms with E-state index >= 15 is 0 Å². The van der Waals surface area contributed by atoms with E-state index in [-0.39, 0.29) is 11.9 Å². The van der Waals surface area contributed by atoms with Crippen LogP contribution in [-0.2, 0) is 4.79 Å². The van der Waals surface area contributed by atoms with E-state index in [0.29, 0.717) is 6.54 Å². The van der Waals surface area contributed by atoms with Crippen LogP contribution in [0.5, 0.6) is 0 Å². The number of amides is 1. The zero-order chi connectivity index (χ0) is 13.1. The molecular formula is C11H24N4O2. The highest BCUT2D eigenvalue weighted by atomic mass is 16.3. The predicted molar refractivity (Wildman–Crippen MR) is 66.1 cm³/mol. The van der Waals surface area contributed by atoms with Crippen molar-refractivity contribution in [1.29, 1.82) is 0 Å². The molecule has 1 amide bonds. The maximum absolute atomic E-state index is 11.4. The molecule has 6 nitrogen and oxygen atoms in total. The average Bonchev–Trinajstić information content (AvgIpc) is 2.26. The molecule has 1 aliphatic heterocycles. The summed E-state index contributed by atoms with van der Waals surface area (Å²) in [5.74, 6) is 4.97. The molecule has 100 valence electrons. The lowest BCUT2D eigenvalue weighted by Gasteiger charge is -2.39. The molecule has 0 aromatic heterocycles. The summed E-state index contributed by atoms with van der Waals surface area (Å²) in [5, 5.41) is 9.74. The summed E-state index contributed by atoms with van der Waals surface area (Å²) in [6.45, 7) is 9.52. The van der Waals surface area contributed by atoms with E-state index in [9.17, 15) is 9.90 Å². The second-order valence-electron chi connectivity index (χ2n) is 5.31. The molecule has 0 radical (unpaired) electrons. The van der Waals surface area contributed by atoms with Crippen LogP contribution in [-0.4, -0.2) is 65.2 Å². The monoisotopic (exact) mass is 244 g/mol. The van der Waals surface area contributed by atoms with E-state index in [1.165, 1.54) is 0 Å². The summed E-state index contributed by atoms with van der Waals surface area (Å²) in [5.41, 5.74) is 1.51. The van der Waals surface area contributed by atoms with E-state index in [4.69, 9.17) is 5.84 Å². The highest BCUT2D eigenvalue weighted by Gasteiger charge is 2.27. The molecule has 4 N–H and O–H groups in total. The van der Waals surface area contributed by atoms with E-state index in [1.807, 2.05) is 20.8 Å². The molecule has 0 aliphatic carbocycles. The molecule has 17 heavy (non-hydrogen) atoms. The van der Waals surface area contributed by atoms with Crippen LogP contribution >= 0.6 is 0 Å². The third kappa shape index (κ3) is 4.59. The highest BCUT2D eigenvalue weighted by molar-refractivity contribution is 5.80. The van der Waals surface area contributed by atoms with Crippen LogP contribution < -0.4 is 11.3 Å². The van der Waals surface area contributed by atoms with Crippen molar-refractivity contribution in [3.63, 3.8) is 0 Å². The molecule has 1 saturated heterocycles. The molecular weight excluding hydrogens is 220 g/mol. The number of nitrogens with two attached hydrogens (primary N) is 1. The van der Waals surface area contributed by atoms with Crippen molar-refractivity contribution in [3.05, 3.63) is 0 Å². The topological polar surface area (TPSA) is 81.8 Å². The van der Waals surface area contributed by atoms with Crippen LogP contribution in [0.1, 0.15) is 20.8 Å². The Kier molecular flexibility index (Phi) is 4.88. The highest BCUT2D eigenvalue weighted by Crippen LogP contribution is 2.10. The molecule has 1 rings (SSSR count). The summed E-state index contributed by atoms with van der Waals surface area (Å²) in [6, 6.07) is -0.190. The van der Waals surface area contributed by atoms with Gasteiger partial charge in [0.15, 0.2) is 0 Å². The Labute approximate surface area is 103 Å². The number of aliphatic hydroxyl groups is 1. The third-order valence-electron chi connectivity index (χ3n) is 3.09. The van der Waals surface area contributed by atoms with E-state index < -0.39 is 5.60 Å². The molecule has 1 fully saturated rings. The Bertz CT molecular complexity index is 257. The number of carbonyl (C=O) groups excluding carboxylic acids is 1. The molecule has 0 saturated carbocycles. The predicted octanol–water partition coefficient (Wildman–Crippen LogP) is -1.25. The molecule has 0 bridgehead atoms. The molecule has 6 heteroatoms. The number of hydrogen-bond donors (Lipinski definition) is 3. The third-order valence-corrected chi connectivity index (χ3v) is 3.09. The van der Waals surface area contributed by atoms with Gasteiger partial charge in [0.1, 0.15) is 0 Å². The van der Waals surface area contributed by atoms with Gasteiger partial charge in [-0.2, -0.15) is 0 Å². The van der Waals surface area contributed by atoms with Gasteiger partial charge in [0.05, 0.1) is 11.6 Å². The summed E-state index contributed by atoms with van der Waals surface area (Å²) >= 11 is 0. The molecule has 0 aromatic rings. The van der Waals surface area contributed by atoms with Gasteiger partial charge in [0.25, 0.3) is 5.91 Å². The number of carbonyl (C=O) groups is 1. The second kappa shape index (κ2) is 5.77. The first-order valence-electron chi connectivity index (χ1n) is 6.03. The average molecular weight is 244 g/mol. The van der Waals surface area contributed by atoms with Crippen molar-refractivity contribution < 1.29 is 9.90 Å². The van der Waals surface area contributed by atoms with E-state index in [0.717, 1.165) is 26.2 Å². The quantitative estimate of drug-likeness (QED) is 0.327. The Balaban J connectivity index is 2.38. The smallest absolute Gasteiger partial charge is 0.250 e. The maximum Gasteiger partial charge on any atom is 0.250 e. The lowest BCUT2D eigenvalue weighted by atomic mass is 10.1. The number of nitrogens with one attached hydrogen (secondary N) is 1. The van der Waals surface area contributed by atoms with Crippen molar-refractivity contribution in [2.75, 3.05) is 32.7 Å². The fourth-order valence-electron chi connectivity index (χ4n) is 2.14. The summed E-state index contributed by atoms with van der Waals surface area (Å²) in [4.78, 5) is 15.7. The summed E-state index contributed by atoms with van der Waals surface area (Å²) in [7, 11) is 0. The molecule has 0 spiro atoms. The lowest BCUT2D eigenvalue weighted by molar-refractivity contribution is -0.126. The minimum atomic E-state index is -0.664. The second-order valence-corrected chi connectivity index (χ2v) is 5.31. The number of piperazine rings is 1. The Morgan fingerprint density at radius 3 is 2.35 bits per heavy atom. The number of rotatable bonds is 4. The fraction of sp³-hybridized carbons (Fsp3) is 0.909. The first-order chi connectivity index (χ1) is 7.83.